The summed E-state index contributed by atoms with van der Waals surface area (Å²) in [7, 11) is 0. The Bertz CT molecular complexity index is 815. The van der Waals surface area contributed by atoms with Gasteiger partial charge in [0.05, 0.1) is 27.5 Å². The zero-order chi connectivity index (χ0) is 13.5. The van der Waals surface area contributed by atoms with Crippen LogP contribution < -0.4 is 0 Å². The zero-order valence-electron chi connectivity index (χ0n) is 10.6. The minimum Gasteiger partial charge on any atom is -0.337 e. The molecule has 0 radical (unpaired) electrons. The summed E-state index contributed by atoms with van der Waals surface area (Å²) in [4.78, 5) is 10.7. The van der Waals surface area contributed by atoms with Crippen LogP contribution in [-0.2, 0) is 12.2 Å². The van der Waals surface area contributed by atoms with Crippen molar-refractivity contribution in [2.45, 2.75) is 12.2 Å². The van der Waals surface area contributed by atoms with Gasteiger partial charge in [0, 0.05) is 10.6 Å². The van der Waals surface area contributed by atoms with Crippen LogP contribution in [0.5, 0.6) is 0 Å². The van der Waals surface area contributed by atoms with E-state index in [-0.39, 0.29) is 0 Å². The number of rotatable bonds is 1. The fourth-order valence-electron chi connectivity index (χ4n) is 2.46. The Balaban J connectivity index is 1.82. The quantitative estimate of drug-likeness (QED) is 0.740. The van der Waals surface area contributed by atoms with E-state index >= 15 is 0 Å². The molecule has 1 aliphatic rings. The molecule has 0 saturated heterocycles. The minimum atomic E-state index is 0.662. The predicted octanol–water partition coefficient (Wildman–Crippen LogP) is 3.95. The number of imidazole rings is 1. The molecule has 0 saturated carbocycles. The SMILES string of the molecule is N#Cc1ccc2nc(-c3cc4c(s3)CCSC4)[nH]c2c1. The molecule has 1 N–H and O–H groups in total. The van der Waals surface area contributed by atoms with Crippen molar-refractivity contribution in [2.75, 3.05) is 5.75 Å². The first-order valence-corrected chi connectivity index (χ1v) is 8.40. The van der Waals surface area contributed by atoms with Gasteiger partial charge in [0.25, 0.3) is 0 Å². The molecule has 3 heterocycles. The van der Waals surface area contributed by atoms with Gasteiger partial charge >= 0.3 is 0 Å². The number of H-pyrrole nitrogens is 1. The van der Waals surface area contributed by atoms with E-state index in [0.717, 1.165) is 22.6 Å². The summed E-state index contributed by atoms with van der Waals surface area (Å²) in [5.41, 5.74) is 3.97. The van der Waals surface area contributed by atoms with Crippen molar-refractivity contribution in [3.8, 4) is 16.8 Å². The molecule has 1 aromatic carbocycles. The first-order valence-electron chi connectivity index (χ1n) is 6.43. The first kappa shape index (κ1) is 12.0. The molecule has 0 bridgehead atoms. The molecule has 0 aliphatic carbocycles. The smallest absolute Gasteiger partial charge is 0.148 e. The fourth-order valence-corrected chi connectivity index (χ4v) is 4.78. The Morgan fingerprint density at radius 2 is 2.25 bits per heavy atom. The van der Waals surface area contributed by atoms with Crippen LogP contribution in [0.1, 0.15) is 16.0 Å². The van der Waals surface area contributed by atoms with Gasteiger partial charge in [-0.3, -0.25) is 0 Å². The van der Waals surface area contributed by atoms with Gasteiger partial charge < -0.3 is 4.98 Å². The Morgan fingerprint density at radius 3 is 3.10 bits per heavy atom. The van der Waals surface area contributed by atoms with Crippen molar-refractivity contribution in [2.24, 2.45) is 0 Å². The molecule has 0 atom stereocenters. The van der Waals surface area contributed by atoms with Crippen LogP contribution in [0.2, 0.25) is 0 Å². The van der Waals surface area contributed by atoms with Crippen molar-refractivity contribution in [3.63, 3.8) is 0 Å². The molecule has 0 unspecified atom stereocenters. The lowest BCUT2D eigenvalue weighted by Gasteiger charge is -2.08. The summed E-state index contributed by atoms with van der Waals surface area (Å²) < 4.78 is 0. The first-order chi connectivity index (χ1) is 9.83. The molecule has 4 rings (SSSR count). The molecule has 5 heteroatoms. The second kappa shape index (κ2) is 4.65. The Morgan fingerprint density at radius 1 is 1.30 bits per heavy atom. The zero-order valence-corrected chi connectivity index (χ0v) is 12.3. The van der Waals surface area contributed by atoms with Crippen LogP contribution in [0.3, 0.4) is 0 Å². The molecule has 2 aromatic heterocycles. The highest BCUT2D eigenvalue weighted by molar-refractivity contribution is 7.98. The molecular weight excluding hydrogens is 286 g/mol. The normalized spacial score (nSPS) is 14.2. The number of nitrogens with one attached hydrogen (secondary N) is 1. The van der Waals surface area contributed by atoms with Gasteiger partial charge in [0.15, 0.2) is 0 Å². The Kier molecular flexibility index (Phi) is 2.79. The number of fused-ring (bicyclic) bond motifs is 2. The van der Waals surface area contributed by atoms with Crippen LogP contribution in [0, 0.1) is 11.3 Å². The average molecular weight is 297 g/mol. The van der Waals surface area contributed by atoms with Gasteiger partial charge in [-0.2, -0.15) is 17.0 Å². The standard InChI is InChI=1S/C15H11N3S2/c16-7-9-1-2-11-12(5-9)18-15(17-11)14-6-10-8-19-4-3-13(10)20-14/h1-2,5-6H,3-4,8H2,(H,17,18). The van der Waals surface area contributed by atoms with Crippen molar-refractivity contribution < 1.29 is 0 Å². The van der Waals surface area contributed by atoms with Gasteiger partial charge in [-0.05, 0) is 42.0 Å². The number of aromatic nitrogens is 2. The number of aryl methyl sites for hydroxylation is 1. The number of hydrogen-bond acceptors (Lipinski definition) is 4. The van der Waals surface area contributed by atoms with Gasteiger partial charge in [-0.25, -0.2) is 4.98 Å². The summed E-state index contributed by atoms with van der Waals surface area (Å²) >= 11 is 3.84. The van der Waals surface area contributed by atoms with E-state index in [9.17, 15) is 0 Å². The number of thioether (sulfide) groups is 1. The third-order valence-electron chi connectivity index (χ3n) is 3.47. The third-order valence-corrected chi connectivity index (χ3v) is 5.72. The molecular formula is C15H11N3S2. The van der Waals surface area contributed by atoms with Gasteiger partial charge in [0.2, 0.25) is 0 Å². The third kappa shape index (κ3) is 1.92. The number of nitrogens with zero attached hydrogens (tertiary/aromatic N) is 2. The molecule has 0 spiro atoms. The topological polar surface area (TPSA) is 52.5 Å². The number of thiophene rings is 1. The van der Waals surface area contributed by atoms with Crippen LogP contribution in [0.4, 0.5) is 0 Å². The van der Waals surface area contributed by atoms with E-state index in [4.69, 9.17) is 5.26 Å². The van der Waals surface area contributed by atoms with Crippen LogP contribution in [0.25, 0.3) is 21.7 Å². The second-order valence-electron chi connectivity index (χ2n) is 4.79. The monoisotopic (exact) mass is 297 g/mol. The van der Waals surface area contributed by atoms with Crippen molar-refractivity contribution >= 4 is 34.1 Å². The van der Waals surface area contributed by atoms with E-state index in [1.165, 1.54) is 27.5 Å². The molecule has 3 nitrogen and oxygen atoms in total. The minimum absolute atomic E-state index is 0.662. The number of hydrogen-bond donors (Lipinski definition) is 1. The maximum atomic E-state index is 8.95. The summed E-state index contributed by atoms with van der Waals surface area (Å²) in [5, 5.41) is 8.95. The lowest BCUT2D eigenvalue weighted by molar-refractivity contribution is 1.13. The van der Waals surface area contributed by atoms with Crippen molar-refractivity contribution in [3.05, 3.63) is 40.3 Å². The number of nitriles is 1. The highest BCUT2D eigenvalue weighted by atomic mass is 32.2. The lowest BCUT2D eigenvalue weighted by atomic mass is 10.2. The van der Waals surface area contributed by atoms with Crippen LogP contribution in [0.15, 0.2) is 24.3 Å². The van der Waals surface area contributed by atoms with Crippen LogP contribution >= 0.6 is 23.1 Å². The summed E-state index contributed by atoms with van der Waals surface area (Å²) in [5.74, 6) is 3.25. The van der Waals surface area contributed by atoms with Gasteiger partial charge in [0.1, 0.15) is 5.82 Å². The summed E-state index contributed by atoms with van der Waals surface area (Å²) in [6, 6.07) is 9.98. The highest BCUT2D eigenvalue weighted by Crippen LogP contribution is 2.36. The van der Waals surface area contributed by atoms with E-state index in [1.54, 1.807) is 0 Å². The number of aromatic amines is 1. The van der Waals surface area contributed by atoms with E-state index in [1.807, 2.05) is 41.3 Å². The largest absolute Gasteiger partial charge is 0.337 e. The van der Waals surface area contributed by atoms with Gasteiger partial charge in [-0.15, -0.1) is 11.3 Å². The Labute approximate surface area is 124 Å². The molecule has 1 aliphatic heterocycles. The number of benzene rings is 1. The second-order valence-corrected chi connectivity index (χ2v) is 7.03. The molecule has 20 heavy (non-hydrogen) atoms. The predicted molar refractivity (Wildman–Crippen MR) is 84.0 cm³/mol. The Hall–Kier alpha value is -1.77. The molecule has 98 valence electrons. The van der Waals surface area contributed by atoms with E-state index in [0.29, 0.717) is 5.56 Å². The highest BCUT2D eigenvalue weighted by Gasteiger charge is 2.16. The van der Waals surface area contributed by atoms with Crippen molar-refractivity contribution in [1.29, 1.82) is 5.26 Å². The van der Waals surface area contributed by atoms with E-state index in [2.05, 4.69) is 22.1 Å². The maximum absolute atomic E-state index is 8.95. The van der Waals surface area contributed by atoms with Gasteiger partial charge in [-0.1, -0.05) is 0 Å². The van der Waals surface area contributed by atoms with Crippen molar-refractivity contribution in [1.82, 2.24) is 9.97 Å². The summed E-state index contributed by atoms with van der Waals surface area (Å²) in [6.45, 7) is 0. The average Bonchev–Trinajstić information content (AvgIpc) is 3.09. The van der Waals surface area contributed by atoms with Crippen LogP contribution in [-0.4, -0.2) is 15.7 Å². The fraction of sp³-hybridized carbons (Fsp3) is 0.200. The molecule has 0 amide bonds. The maximum Gasteiger partial charge on any atom is 0.148 e. The van der Waals surface area contributed by atoms with E-state index < -0.39 is 0 Å². The lowest BCUT2D eigenvalue weighted by Crippen LogP contribution is -1.96. The molecule has 3 aromatic rings. The molecule has 0 fully saturated rings. The summed E-state index contributed by atoms with van der Waals surface area (Å²) in [6.07, 6.45) is 1.17.